The van der Waals surface area contributed by atoms with Crippen molar-refractivity contribution in [1.82, 2.24) is 9.55 Å². The Balaban J connectivity index is 2.07. The second kappa shape index (κ2) is 8.77. The van der Waals surface area contributed by atoms with E-state index >= 15 is 0 Å². The third-order valence-corrected chi connectivity index (χ3v) is 6.16. The van der Waals surface area contributed by atoms with Crippen LogP contribution in [0.4, 0.5) is 0 Å². The average Bonchev–Trinajstić information content (AvgIpc) is 2.94. The van der Waals surface area contributed by atoms with Crippen molar-refractivity contribution in [1.29, 1.82) is 0 Å². The van der Waals surface area contributed by atoms with Crippen LogP contribution in [0, 0.1) is 6.92 Å². The van der Waals surface area contributed by atoms with Gasteiger partial charge in [-0.3, -0.25) is 4.98 Å². The predicted molar refractivity (Wildman–Crippen MR) is 112 cm³/mol. The van der Waals surface area contributed by atoms with E-state index < -0.39 is 0 Å². The van der Waals surface area contributed by atoms with Gasteiger partial charge in [0, 0.05) is 35.1 Å². The molecule has 1 N–H and O–H groups in total. The number of aliphatic hydroxyl groups is 1. The number of aryl methyl sites for hydroxylation is 1. The maximum atomic E-state index is 10.1. The van der Waals surface area contributed by atoms with Crippen molar-refractivity contribution in [3.05, 3.63) is 76.7 Å². The molecule has 4 heteroatoms. The Hall–Kier alpha value is -2.04. The molecule has 142 valence electrons. The topological polar surface area (TPSA) is 38.0 Å². The molecule has 0 bridgehead atoms. The molecule has 0 saturated carbocycles. The molecule has 0 radical (unpaired) electrons. The molecule has 0 amide bonds. The number of pyridine rings is 1. The highest BCUT2D eigenvalue weighted by Gasteiger charge is 2.23. The fourth-order valence-electron chi connectivity index (χ4n) is 3.46. The Kier molecular flexibility index (Phi) is 6.40. The van der Waals surface area contributed by atoms with Crippen molar-refractivity contribution in [2.45, 2.75) is 63.1 Å². The second-order valence-corrected chi connectivity index (χ2v) is 8.20. The third kappa shape index (κ3) is 4.28. The summed E-state index contributed by atoms with van der Waals surface area (Å²) in [6.07, 6.45) is 4.72. The first-order valence-corrected chi connectivity index (χ1v) is 10.3. The molecule has 27 heavy (non-hydrogen) atoms. The Morgan fingerprint density at radius 1 is 1.04 bits per heavy atom. The average molecular weight is 381 g/mol. The van der Waals surface area contributed by atoms with Crippen LogP contribution in [0.15, 0.2) is 58.7 Å². The number of aromatic nitrogens is 2. The van der Waals surface area contributed by atoms with Crippen LogP contribution in [0.5, 0.6) is 0 Å². The van der Waals surface area contributed by atoms with E-state index in [-0.39, 0.29) is 6.61 Å². The normalized spacial score (nSPS) is 11.3. The zero-order chi connectivity index (χ0) is 19.4. The van der Waals surface area contributed by atoms with Crippen molar-refractivity contribution < 1.29 is 5.11 Å². The van der Waals surface area contributed by atoms with Gasteiger partial charge in [-0.1, -0.05) is 44.7 Å². The molecule has 0 unspecified atom stereocenters. The van der Waals surface area contributed by atoms with Crippen molar-refractivity contribution in [2.75, 3.05) is 0 Å². The molecule has 2 heterocycles. The summed E-state index contributed by atoms with van der Waals surface area (Å²) < 4.78 is 2.34. The van der Waals surface area contributed by atoms with Crippen LogP contribution in [-0.4, -0.2) is 14.7 Å². The first-order valence-electron chi connectivity index (χ1n) is 9.53. The number of aliphatic hydroxyl groups excluding tert-OH is 1. The molecule has 0 atom stereocenters. The first-order chi connectivity index (χ1) is 13.0. The number of hydrogen-bond donors (Lipinski definition) is 1. The summed E-state index contributed by atoms with van der Waals surface area (Å²) >= 11 is 1.79. The molecule has 2 aromatic heterocycles. The van der Waals surface area contributed by atoms with Gasteiger partial charge in [0.1, 0.15) is 0 Å². The molecule has 0 saturated heterocycles. The van der Waals surface area contributed by atoms with Crippen LogP contribution in [0.1, 0.15) is 54.6 Å². The van der Waals surface area contributed by atoms with Gasteiger partial charge in [-0.15, -0.1) is 0 Å². The van der Waals surface area contributed by atoms with E-state index in [9.17, 15) is 5.11 Å². The molecule has 0 spiro atoms. The number of nitrogens with zero attached hydrogens (tertiary/aromatic N) is 2. The quantitative estimate of drug-likeness (QED) is 0.582. The number of hydrogen-bond acceptors (Lipinski definition) is 3. The molecule has 0 aliphatic heterocycles. The minimum Gasteiger partial charge on any atom is -0.392 e. The third-order valence-electron chi connectivity index (χ3n) is 5.01. The van der Waals surface area contributed by atoms with Gasteiger partial charge < -0.3 is 9.67 Å². The summed E-state index contributed by atoms with van der Waals surface area (Å²) in [6.45, 7) is 9.55. The summed E-state index contributed by atoms with van der Waals surface area (Å²) in [5.41, 5.74) is 6.03. The van der Waals surface area contributed by atoms with Gasteiger partial charge in [0.2, 0.25) is 0 Å². The fourth-order valence-corrected chi connectivity index (χ4v) is 4.73. The summed E-state index contributed by atoms with van der Waals surface area (Å²) in [4.78, 5) is 5.36. The molecule has 1 aromatic carbocycles. The first kappa shape index (κ1) is 19.7. The molecule has 0 aliphatic rings. The van der Waals surface area contributed by atoms with Crippen molar-refractivity contribution in [3.63, 3.8) is 0 Å². The minimum atomic E-state index is 0.0744. The van der Waals surface area contributed by atoms with Crippen molar-refractivity contribution >= 4 is 11.8 Å². The maximum Gasteiger partial charge on any atom is 0.0840 e. The number of benzene rings is 1. The highest BCUT2D eigenvalue weighted by molar-refractivity contribution is 7.99. The van der Waals surface area contributed by atoms with E-state index in [1.165, 1.54) is 26.6 Å². The Labute approximate surface area is 166 Å². The van der Waals surface area contributed by atoms with Gasteiger partial charge in [0.15, 0.2) is 0 Å². The lowest BCUT2D eigenvalue weighted by Crippen LogP contribution is -2.04. The zero-order valence-electron chi connectivity index (χ0n) is 16.6. The Morgan fingerprint density at radius 3 is 2.26 bits per heavy atom. The van der Waals surface area contributed by atoms with Gasteiger partial charge in [0.05, 0.1) is 11.6 Å². The molecule has 3 nitrogen and oxygen atoms in total. The summed E-state index contributed by atoms with van der Waals surface area (Å²) in [7, 11) is 0. The standard InChI is InChI=1S/C23H28N2OS/c1-5-18-6-8-20(9-7-18)27-23-22(16(2)3)21(15-26)17(4)25(23)14-19-10-12-24-13-11-19/h6-13,16,26H,5,14-15H2,1-4H3. The predicted octanol–water partition coefficient (Wildman–Crippen LogP) is 5.57. The van der Waals surface area contributed by atoms with E-state index in [4.69, 9.17) is 0 Å². The van der Waals surface area contributed by atoms with Gasteiger partial charge in [-0.2, -0.15) is 0 Å². The SMILES string of the molecule is CCc1ccc(Sc2c(C(C)C)c(CO)c(C)n2Cc2ccncc2)cc1. The lowest BCUT2D eigenvalue weighted by atomic mass is 10.0. The summed E-state index contributed by atoms with van der Waals surface area (Å²) in [6, 6.07) is 12.9. The molecule has 0 fully saturated rings. The van der Waals surface area contributed by atoms with E-state index in [1.807, 2.05) is 12.4 Å². The number of rotatable bonds is 7. The van der Waals surface area contributed by atoms with Crippen molar-refractivity contribution in [2.24, 2.45) is 0 Å². The monoisotopic (exact) mass is 380 g/mol. The van der Waals surface area contributed by atoms with Crippen LogP contribution < -0.4 is 0 Å². The van der Waals surface area contributed by atoms with Gasteiger partial charge in [-0.25, -0.2) is 0 Å². The van der Waals surface area contributed by atoms with Crippen LogP contribution >= 0.6 is 11.8 Å². The Morgan fingerprint density at radius 2 is 1.70 bits per heavy atom. The van der Waals surface area contributed by atoms with Gasteiger partial charge >= 0.3 is 0 Å². The lowest BCUT2D eigenvalue weighted by molar-refractivity contribution is 0.279. The summed E-state index contributed by atoms with van der Waals surface area (Å²) in [5, 5.41) is 11.3. The Bertz CT molecular complexity index is 883. The summed E-state index contributed by atoms with van der Waals surface area (Å²) in [5.74, 6) is 0.349. The fraction of sp³-hybridized carbons (Fsp3) is 0.348. The molecule has 0 aliphatic carbocycles. The molecular formula is C23H28N2OS. The van der Waals surface area contributed by atoms with Crippen molar-refractivity contribution in [3.8, 4) is 0 Å². The molecular weight excluding hydrogens is 352 g/mol. The van der Waals surface area contributed by atoms with E-state index in [0.717, 1.165) is 24.2 Å². The minimum absolute atomic E-state index is 0.0744. The smallest absolute Gasteiger partial charge is 0.0840 e. The van der Waals surface area contributed by atoms with Gasteiger partial charge in [0.25, 0.3) is 0 Å². The van der Waals surface area contributed by atoms with Crippen LogP contribution in [0.2, 0.25) is 0 Å². The van der Waals surface area contributed by atoms with E-state index in [2.05, 4.69) is 73.6 Å². The zero-order valence-corrected chi connectivity index (χ0v) is 17.4. The van der Waals surface area contributed by atoms with Crippen LogP contribution in [-0.2, 0) is 19.6 Å². The van der Waals surface area contributed by atoms with E-state index in [1.54, 1.807) is 11.8 Å². The maximum absolute atomic E-state index is 10.1. The highest BCUT2D eigenvalue weighted by atomic mass is 32.2. The largest absolute Gasteiger partial charge is 0.392 e. The second-order valence-electron chi connectivity index (χ2n) is 7.14. The molecule has 3 rings (SSSR count). The van der Waals surface area contributed by atoms with E-state index in [0.29, 0.717) is 5.92 Å². The van der Waals surface area contributed by atoms with Gasteiger partial charge in [-0.05, 0) is 60.2 Å². The van der Waals surface area contributed by atoms with Crippen LogP contribution in [0.3, 0.4) is 0 Å². The lowest BCUT2D eigenvalue weighted by Gasteiger charge is -2.14. The van der Waals surface area contributed by atoms with Crippen LogP contribution in [0.25, 0.3) is 0 Å². The molecule has 3 aromatic rings. The highest BCUT2D eigenvalue weighted by Crippen LogP contribution is 2.40.